The number of hydrogen-bond acceptors (Lipinski definition) is 5. The average Bonchev–Trinajstić information content (AvgIpc) is 3.97. The van der Waals surface area contributed by atoms with E-state index in [0.29, 0.717) is 23.9 Å². The third kappa shape index (κ3) is 4.87. The van der Waals surface area contributed by atoms with E-state index in [1.807, 2.05) is 48.5 Å². The van der Waals surface area contributed by atoms with Gasteiger partial charge in [-0.05, 0) is 42.8 Å². The van der Waals surface area contributed by atoms with Crippen molar-refractivity contribution < 1.29 is 8.83 Å². The van der Waals surface area contributed by atoms with Gasteiger partial charge >= 0.3 is 0 Å². The summed E-state index contributed by atoms with van der Waals surface area (Å²) in [5.41, 5.74) is 10.7. The van der Waals surface area contributed by atoms with Gasteiger partial charge in [0, 0.05) is 54.7 Å². The van der Waals surface area contributed by atoms with Crippen molar-refractivity contribution in [2.45, 2.75) is 12.3 Å². The summed E-state index contributed by atoms with van der Waals surface area (Å²) in [7, 11) is 0. The lowest BCUT2D eigenvalue weighted by Crippen LogP contribution is -2.12. The van der Waals surface area contributed by atoms with Crippen molar-refractivity contribution in [2.24, 2.45) is 0 Å². The number of aromatic nitrogens is 4. The highest BCUT2D eigenvalue weighted by molar-refractivity contribution is 6.15. The Morgan fingerprint density at radius 1 is 0.491 bits per heavy atom. The maximum absolute atomic E-state index is 7.13. The van der Waals surface area contributed by atoms with Crippen LogP contribution in [0.15, 0.2) is 179 Å². The highest BCUT2D eigenvalue weighted by Gasteiger charge is 2.32. The number of hydrogen-bond donors (Lipinski definition) is 0. The van der Waals surface area contributed by atoms with E-state index in [4.69, 9.17) is 23.8 Å². The van der Waals surface area contributed by atoms with Crippen LogP contribution in [0.3, 0.4) is 0 Å². The summed E-state index contributed by atoms with van der Waals surface area (Å²) in [6, 6.07) is 56.7. The second kappa shape index (κ2) is 12.5. The zero-order chi connectivity index (χ0) is 37.5. The van der Waals surface area contributed by atoms with Crippen molar-refractivity contribution in [3.05, 3.63) is 187 Å². The maximum atomic E-state index is 7.13. The molecule has 6 nitrogen and oxygen atoms in total. The fraction of sp³-hybridized carbons (Fsp3) is 0.0392. The first-order valence-corrected chi connectivity index (χ1v) is 19.3. The Bertz CT molecular complexity index is 3280. The van der Waals surface area contributed by atoms with E-state index >= 15 is 0 Å². The summed E-state index contributed by atoms with van der Waals surface area (Å²) in [5.74, 6) is 2.57. The van der Waals surface area contributed by atoms with E-state index < -0.39 is 0 Å². The van der Waals surface area contributed by atoms with E-state index in [1.54, 1.807) is 0 Å². The third-order valence-electron chi connectivity index (χ3n) is 11.4. The fourth-order valence-corrected chi connectivity index (χ4v) is 8.88. The van der Waals surface area contributed by atoms with Crippen molar-refractivity contribution in [3.8, 4) is 39.6 Å². The zero-order valence-electron chi connectivity index (χ0n) is 30.6. The topological polar surface area (TPSA) is 69.9 Å². The van der Waals surface area contributed by atoms with Crippen LogP contribution in [-0.4, -0.2) is 19.5 Å². The SMILES string of the molecule is C1=Cc2oc3c(-c4cccc5c4oc4ccccc45)ccc(-n4c5ccccc5c5ccccc54)c3c2C(c2nc(-c3ccccc3)nc(-c3ccccc3)n2)C1. The van der Waals surface area contributed by atoms with Gasteiger partial charge in [0.25, 0.3) is 0 Å². The van der Waals surface area contributed by atoms with Gasteiger partial charge in [0.05, 0.1) is 22.6 Å². The molecule has 0 fully saturated rings. The summed E-state index contributed by atoms with van der Waals surface area (Å²) >= 11 is 0. The van der Waals surface area contributed by atoms with Crippen LogP contribution in [0.1, 0.15) is 29.5 Å². The third-order valence-corrected chi connectivity index (χ3v) is 11.4. The molecule has 1 aliphatic carbocycles. The standard InChI is InChI=1S/C51H32N4O2/c1-3-15-31(16-4-1)49-52-50(32-17-5-2-6-18-32)54-51(53-49)39-24-14-28-44-45(39)46-42(55-40-25-10-7-19-33(40)34-20-8-11-26-41(34)55)30-29-38(48(46)57-44)37-23-13-22-36-35-21-9-12-27-43(35)56-47(36)37/h1-23,25-30,39H,24H2. The minimum absolute atomic E-state index is 0.219. The van der Waals surface area contributed by atoms with Crippen molar-refractivity contribution >= 4 is 60.8 Å². The molecule has 7 aromatic carbocycles. The molecule has 0 N–H and O–H groups in total. The van der Waals surface area contributed by atoms with Crippen LogP contribution in [-0.2, 0) is 0 Å². The first-order chi connectivity index (χ1) is 28.3. The molecule has 12 rings (SSSR count). The Kier molecular flexibility index (Phi) is 6.95. The number of benzene rings is 7. The van der Waals surface area contributed by atoms with E-state index in [-0.39, 0.29) is 5.92 Å². The molecule has 6 heteroatoms. The lowest BCUT2D eigenvalue weighted by atomic mass is 9.87. The Hall–Kier alpha value is -7.57. The molecule has 0 spiro atoms. The molecule has 57 heavy (non-hydrogen) atoms. The van der Waals surface area contributed by atoms with Crippen molar-refractivity contribution in [2.75, 3.05) is 0 Å². The number of allylic oxidation sites excluding steroid dienone is 1. The Balaban J connectivity index is 1.18. The predicted molar refractivity (Wildman–Crippen MR) is 229 cm³/mol. The van der Waals surface area contributed by atoms with Crippen LogP contribution < -0.4 is 0 Å². The van der Waals surface area contributed by atoms with E-state index in [2.05, 4.69) is 132 Å². The van der Waals surface area contributed by atoms with Crippen LogP contribution in [0.2, 0.25) is 0 Å². The van der Waals surface area contributed by atoms with E-state index in [0.717, 1.165) is 83.2 Å². The molecule has 4 heterocycles. The van der Waals surface area contributed by atoms with E-state index in [1.165, 1.54) is 10.8 Å². The molecule has 0 bridgehead atoms. The molecule has 268 valence electrons. The largest absolute Gasteiger partial charge is 0.456 e. The maximum Gasteiger partial charge on any atom is 0.163 e. The van der Waals surface area contributed by atoms with Gasteiger partial charge in [-0.15, -0.1) is 0 Å². The summed E-state index contributed by atoms with van der Waals surface area (Å²) < 4.78 is 16.1. The summed E-state index contributed by atoms with van der Waals surface area (Å²) in [5, 5.41) is 5.59. The molecular weight excluding hydrogens is 701 g/mol. The fourth-order valence-electron chi connectivity index (χ4n) is 8.88. The van der Waals surface area contributed by atoms with Crippen molar-refractivity contribution in [1.82, 2.24) is 19.5 Å². The number of rotatable bonds is 5. The van der Waals surface area contributed by atoms with Crippen molar-refractivity contribution in [3.63, 3.8) is 0 Å². The summed E-state index contributed by atoms with van der Waals surface area (Å²) in [6.45, 7) is 0. The van der Waals surface area contributed by atoms with Gasteiger partial charge in [0.15, 0.2) is 11.6 Å². The molecule has 1 atom stereocenters. The minimum atomic E-state index is -0.219. The Labute approximate surface area is 327 Å². The lowest BCUT2D eigenvalue weighted by Gasteiger charge is -2.20. The molecule has 0 amide bonds. The number of furan rings is 2. The molecular formula is C51H32N4O2. The average molecular weight is 733 g/mol. The van der Waals surface area contributed by atoms with Gasteiger partial charge in [-0.2, -0.15) is 0 Å². The van der Waals surface area contributed by atoms with Gasteiger partial charge < -0.3 is 13.4 Å². The Morgan fingerprint density at radius 2 is 1.09 bits per heavy atom. The van der Waals surface area contributed by atoms with Crippen LogP contribution in [0.5, 0.6) is 0 Å². The van der Waals surface area contributed by atoms with Crippen LogP contribution >= 0.6 is 0 Å². The number of fused-ring (bicyclic) bond motifs is 9. The van der Waals surface area contributed by atoms with Crippen LogP contribution in [0.25, 0.3) is 100 Å². The highest BCUT2D eigenvalue weighted by atomic mass is 16.3. The molecule has 0 saturated carbocycles. The molecule has 1 aliphatic rings. The van der Waals surface area contributed by atoms with Crippen molar-refractivity contribution in [1.29, 1.82) is 0 Å². The number of nitrogens with zero attached hydrogens (tertiary/aromatic N) is 4. The molecule has 0 radical (unpaired) electrons. The van der Waals surface area contributed by atoms with Crippen LogP contribution in [0.4, 0.5) is 0 Å². The first-order valence-electron chi connectivity index (χ1n) is 19.3. The number of para-hydroxylation sites is 4. The van der Waals surface area contributed by atoms with Gasteiger partial charge in [0.1, 0.15) is 28.3 Å². The van der Waals surface area contributed by atoms with Gasteiger partial charge in [0.2, 0.25) is 0 Å². The molecule has 1 unspecified atom stereocenters. The normalized spacial score (nSPS) is 14.0. The molecule has 4 aromatic heterocycles. The monoisotopic (exact) mass is 732 g/mol. The van der Waals surface area contributed by atoms with Gasteiger partial charge in [-0.1, -0.05) is 140 Å². The summed E-state index contributed by atoms with van der Waals surface area (Å²) in [6.07, 6.45) is 5.00. The van der Waals surface area contributed by atoms with E-state index in [9.17, 15) is 0 Å². The molecule has 0 saturated heterocycles. The Morgan fingerprint density at radius 3 is 1.79 bits per heavy atom. The minimum Gasteiger partial charge on any atom is -0.456 e. The zero-order valence-corrected chi connectivity index (χ0v) is 30.6. The predicted octanol–water partition coefficient (Wildman–Crippen LogP) is 13.2. The highest BCUT2D eigenvalue weighted by Crippen LogP contribution is 2.49. The lowest BCUT2D eigenvalue weighted by molar-refractivity contribution is 0.586. The second-order valence-corrected chi connectivity index (χ2v) is 14.6. The molecule has 0 aliphatic heterocycles. The smallest absolute Gasteiger partial charge is 0.163 e. The van der Waals surface area contributed by atoms with Gasteiger partial charge in [-0.3, -0.25) is 0 Å². The first kappa shape index (κ1) is 31.7. The van der Waals surface area contributed by atoms with Gasteiger partial charge in [-0.25, -0.2) is 15.0 Å². The molecule has 11 aromatic rings. The quantitative estimate of drug-likeness (QED) is 0.176. The second-order valence-electron chi connectivity index (χ2n) is 14.6. The van der Waals surface area contributed by atoms with Crippen LogP contribution in [0, 0.1) is 0 Å². The summed E-state index contributed by atoms with van der Waals surface area (Å²) in [4.78, 5) is 15.5.